The third kappa shape index (κ3) is 2.40. The van der Waals surface area contributed by atoms with Gasteiger partial charge in [-0.2, -0.15) is 0 Å². The lowest BCUT2D eigenvalue weighted by Gasteiger charge is -2.56. The van der Waals surface area contributed by atoms with Crippen molar-refractivity contribution in [3.63, 3.8) is 0 Å². The summed E-state index contributed by atoms with van der Waals surface area (Å²) in [5.41, 5.74) is -0.259. The zero-order valence-electron chi connectivity index (χ0n) is 13.5. The molecule has 0 aromatic carbocycles. The first-order chi connectivity index (χ1) is 9.19. The van der Waals surface area contributed by atoms with Crippen LogP contribution in [-0.4, -0.2) is 17.9 Å². The minimum absolute atomic E-state index is 0.0200. The molecule has 0 saturated heterocycles. The summed E-state index contributed by atoms with van der Waals surface area (Å²) in [5, 5.41) is 0. The number of rotatable bonds is 2. The van der Waals surface area contributed by atoms with Gasteiger partial charge in [0, 0.05) is 18.8 Å². The number of ketones is 1. The van der Waals surface area contributed by atoms with Gasteiger partial charge in [-0.25, -0.2) is 0 Å². The first kappa shape index (κ1) is 15.5. The van der Waals surface area contributed by atoms with Crippen molar-refractivity contribution in [2.45, 2.75) is 72.8 Å². The monoisotopic (exact) mass is 280 g/mol. The van der Waals surface area contributed by atoms with Crippen LogP contribution in [0.5, 0.6) is 0 Å². The van der Waals surface area contributed by atoms with Gasteiger partial charge in [-0.3, -0.25) is 9.59 Å². The van der Waals surface area contributed by atoms with Crippen LogP contribution in [0.2, 0.25) is 0 Å². The Morgan fingerprint density at radius 2 is 1.95 bits per heavy atom. The maximum Gasteiger partial charge on any atom is 0.302 e. The lowest BCUT2D eigenvalue weighted by Crippen LogP contribution is -2.56. The molecule has 20 heavy (non-hydrogen) atoms. The molecule has 0 aromatic rings. The van der Waals surface area contributed by atoms with Crippen molar-refractivity contribution in [3.05, 3.63) is 0 Å². The summed E-state index contributed by atoms with van der Waals surface area (Å²) in [7, 11) is 0. The second kappa shape index (κ2) is 5.16. The van der Waals surface area contributed by atoms with E-state index in [4.69, 9.17) is 4.74 Å². The maximum absolute atomic E-state index is 12.5. The number of ether oxygens (including phenoxy) is 1. The molecule has 0 spiro atoms. The van der Waals surface area contributed by atoms with Crippen molar-refractivity contribution in [2.75, 3.05) is 0 Å². The predicted molar refractivity (Wildman–Crippen MR) is 78.2 cm³/mol. The highest BCUT2D eigenvalue weighted by atomic mass is 16.5. The van der Waals surface area contributed by atoms with Gasteiger partial charge in [-0.1, -0.05) is 27.7 Å². The fourth-order valence-electron chi connectivity index (χ4n) is 4.42. The van der Waals surface area contributed by atoms with Crippen LogP contribution >= 0.6 is 0 Å². The zero-order valence-corrected chi connectivity index (χ0v) is 13.5. The number of carbonyl (C=O) groups excluding carboxylic acids is 2. The summed E-state index contributed by atoms with van der Waals surface area (Å²) in [6.07, 6.45) is 4.42. The molecule has 0 aliphatic heterocycles. The van der Waals surface area contributed by atoms with E-state index < -0.39 is 0 Å². The fourth-order valence-corrected chi connectivity index (χ4v) is 4.42. The molecule has 0 N–H and O–H groups in total. The van der Waals surface area contributed by atoms with Gasteiger partial charge in [-0.05, 0) is 42.9 Å². The molecule has 0 bridgehead atoms. The van der Waals surface area contributed by atoms with Crippen LogP contribution in [0.1, 0.15) is 66.7 Å². The minimum Gasteiger partial charge on any atom is -0.462 e. The smallest absolute Gasteiger partial charge is 0.302 e. The van der Waals surface area contributed by atoms with Crippen LogP contribution in [-0.2, 0) is 14.3 Å². The van der Waals surface area contributed by atoms with E-state index in [1.165, 1.54) is 6.92 Å². The molecule has 3 heteroatoms. The molecular weight excluding hydrogens is 252 g/mol. The summed E-state index contributed by atoms with van der Waals surface area (Å²) >= 11 is 0. The summed E-state index contributed by atoms with van der Waals surface area (Å²) in [5.74, 6) is 0.933. The van der Waals surface area contributed by atoms with Crippen molar-refractivity contribution in [3.8, 4) is 0 Å². The van der Waals surface area contributed by atoms with Crippen molar-refractivity contribution in [1.29, 1.82) is 0 Å². The Hall–Kier alpha value is -0.860. The van der Waals surface area contributed by atoms with E-state index in [9.17, 15) is 9.59 Å². The van der Waals surface area contributed by atoms with Gasteiger partial charge >= 0.3 is 5.97 Å². The first-order valence-electron chi connectivity index (χ1n) is 7.90. The molecule has 2 aliphatic rings. The van der Waals surface area contributed by atoms with Gasteiger partial charge in [0.25, 0.3) is 0 Å². The number of carbonyl (C=O) groups is 2. The molecule has 2 rings (SSSR count). The van der Waals surface area contributed by atoms with E-state index in [0.29, 0.717) is 17.6 Å². The molecule has 114 valence electrons. The van der Waals surface area contributed by atoms with E-state index in [0.717, 1.165) is 32.1 Å². The van der Waals surface area contributed by atoms with E-state index >= 15 is 0 Å². The number of hydrogen-bond acceptors (Lipinski definition) is 3. The van der Waals surface area contributed by atoms with E-state index in [1.54, 1.807) is 0 Å². The summed E-state index contributed by atoms with van der Waals surface area (Å²) < 4.78 is 5.61. The van der Waals surface area contributed by atoms with Gasteiger partial charge in [-0.15, -0.1) is 0 Å². The van der Waals surface area contributed by atoms with Gasteiger partial charge in [0.1, 0.15) is 11.9 Å². The number of esters is 1. The highest BCUT2D eigenvalue weighted by molar-refractivity contribution is 5.86. The average molecular weight is 280 g/mol. The lowest BCUT2D eigenvalue weighted by molar-refractivity contribution is -0.173. The van der Waals surface area contributed by atoms with Crippen LogP contribution in [0.3, 0.4) is 0 Å². The number of fused-ring (bicyclic) bond motifs is 1. The largest absolute Gasteiger partial charge is 0.462 e. The lowest BCUT2D eigenvalue weighted by atomic mass is 9.48. The molecule has 2 aliphatic carbocycles. The molecule has 0 unspecified atom stereocenters. The highest BCUT2D eigenvalue weighted by Gasteiger charge is 2.58. The fraction of sp³-hybridized carbons (Fsp3) is 0.882. The molecule has 0 amide bonds. The summed E-state index contributed by atoms with van der Waals surface area (Å²) in [6, 6.07) is 0. The third-order valence-corrected chi connectivity index (χ3v) is 6.03. The molecule has 2 saturated carbocycles. The van der Waals surface area contributed by atoms with Crippen LogP contribution in [0.4, 0.5) is 0 Å². The van der Waals surface area contributed by atoms with Crippen molar-refractivity contribution < 1.29 is 14.3 Å². The van der Waals surface area contributed by atoms with Crippen molar-refractivity contribution >= 4 is 11.8 Å². The van der Waals surface area contributed by atoms with Crippen LogP contribution in [0, 0.1) is 22.7 Å². The number of Topliss-reactive ketones (excluding diaryl/α,β-unsaturated/α-hetero) is 1. The highest BCUT2D eigenvalue weighted by Crippen LogP contribution is 2.59. The van der Waals surface area contributed by atoms with E-state index in [1.807, 2.05) is 0 Å². The Bertz CT molecular complexity index is 414. The van der Waals surface area contributed by atoms with Crippen LogP contribution in [0.15, 0.2) is 0 Å². The Kier molecular flexibility index (Phi) is 4.01. The quantitative estimate of drug-likeness (QED) is 0.723. The van der Waals surface area contributed by atoms with Crippen molar-refractivity contribution in [2.24, 2.45) is 22.7 Å². The zero-order chi connectivity index (χ0) is 15.1. The minimum atomic E-state index is -0.239. The SMILES string of the molecule is CC(=O)O[C@@H]1C[C@]2(C)CCCC(=O)[C@]2(C)C[C@@H]1C(C)C. The summed E-state index contributed by atoms with van der Waals surface area (Å²) in [6.45, 7) is 10.2. The predicted octanol–water partition coefficient (Wildman–Crippen LogP) is 3.75. The Balaban J connectivity index is 2.32. The first-order valence-corrected chi connectivity index (χ1v) is 7.90. The molecule has 3 nitrogen and oxygen atoms in total. The van der Waals surface area contributed by atoms with Gasteiger partial charge < -0.3 is 4.74 Å². The molecule has 0 radical (unpaired) electrons. The molecule has 4 atom stereocenters. The van der Waals surface area contributed by atoms with Crippen molar-refractivity contribution in [1.82, 2.24) is 0 Å². The third-order valence-electron chi connectivity index (χ3n) is 6.03. The van der Waals surface area contributed by atoms with Gasteiger partial charge in [0.05, 0.1) is 0 Å². The van der Waals surface area contributed by atoms with E-state index in [2.05, 4.69) is 27.7 Å². The molecule has 2 fully saturated rings. The molecule has 0 aromatic heterocycles. The van der Waals surface area contributed by atoms with Crippen LogP contribution in [0.25, 0.3) is 0 Å². The van der Waals surface area contributed by atoms with Gasteiger partial charge in [0.15, 0.2) is 0 Å². The normalized spacial score (nSPS) is 41.4. The second-order valence-electron chi connectivity index (χ2n) is 7.63. The Labute approximate surface area is 122 Å². The average Bonchev–Trinajstić information content (AvgIpc) is 2.31. The maximum atomic E-state index is 12.5. The Morgan fingerprint density at radius 1 is 1.30 bits per heavy atom. The van der Waals surface area contributed by atoms with Crippen LogP contribution < -0.4 is 0 Å². The Morgan fingerprint density at radius 3 is 2.50 bits per heavy atom. The number of hydrogen-bond donors (Lipinski definition) is 0. The standard InChI is InChI=1S/C17H28O3/c1-11(2)13-9-17(5)15(19)7-6-8-16(17,4)10-14(13)20-12(3)18/h11,13-14H,6-10H2,1-5H3/t13-,14-,16+,17+/m1/s1. The molecular formula is C17H28O3. The second-order valence-corrected chi connectivity index (χ2v) is 7.63. The topological polar surface area (TPSA) is 43.4 Å². The summed E-state index contributed by atoms with van der Waals surface area (Å²) in [4.78, 5) is 23.9. The van der Waals surface area contributed by atoms with Gasteiger partial charge in [0.2, 0.25) is 0 Å². The molecule has 0 heterocycles. The van der Waals surface area contributed by atoms with E-state index in [-0.39, 0.29) is 22.9 Å².